The lowest BCUT2D eigenvalue weighted by atomic mass is 10.3. The molecule has 4 rings (SSSR count). The van der Waals surface area contributed by atoms with Gasteiger partial charge in [0.25, 0.3) is 5.91 Å². The number of sulfonamides is 1. The van der Waals surface area contributed by atoms with E-state index in [0.717, 1.165) is 0 Å². The molecule has 0 bridgehead atoms. The molecule has 1 amide bonds. The van der Waals surface area contributed by atoms with Gasteiger partial charge in [0.2, 0.25) is 10.0 Å². The van der Waals surface area contributed by atoms with Crippen LogP contribution in [0.5, 0.6) is 0 Å². The fraction of sp³-hybridized carbons (Fsp3) is 0.500. The quantitative estimate of drug-likeness (QED) is 0.337. The van der Waals surface area contributed by atoms with E-state index >= 15 is 0 Å². The van der Waals surface area contributed by atoms with Crippen LogP contribution in [0.25, 0.3) is 0 Å². The number of amides is 1. The summed E-state index contributed by atoms with van der Waals surface area (Å²) in [7, 11) is -3.70. The molecule has 0 N–H and O–H groups in total. The van der Waals surface area contributed by atoms with Crippen molar-refractivity contribution in [3.63, 3.8) is 0 Å². The van der Waals surface area contributed by atoms with Gasteiger partial charge in [0, 0.05) is 45.1 Å². The standard InChI is InChI=1S/C20H27N9O5S/c1-5-25-12-18(14(2)21-25)35(33,34)27-10-8-24(9-11-27)20(30)17-6-7-26(23-17)13-28-16(4)19(29(31)32)15(3)22-28/h6-7,12H,5,8-11,13H2,1-4H3. The lowest BCUT2D eigenvalue weighted by Crippen LogP contribution is -2.50. The average Bonchev–Trinajstić information content (AvgIpc) is 3.51. The highest BCUT2D eigenvalue weighted by molar-refractivity contribution is 7.89. The van der Waals surface area contributed by atoms with E-state index in [0.29, 0.717) is 23.6 Å². The van der Waals surface area contributed by atoms with Gasteiger partial charge in [0.15, 0.2) is 0 Å². The zero-order valence-electron chi connectivity index (χ0n) is 19.9. The summed E-state index contributed by atoms with van der Waals surface area (Å²) in [6, 6.07) is 1.56. The van der Waals surface area contributed by atoms with E-state index in [2.05, 4.69) is 15.3 Å². The minimum Gasteiger partial charge on any atom is -0.335 e. The van der Waals surface area contributed by atoms with Gasteiger partial charge in [0.1, 0.15) is 28.6 Å². The number of hydrogen-bond acceptors (Lipinski definition) is 8. The third-order valence-electron chi connectivity index (χ3n) is 6.03. The summed E-state index contributed by atoms with van der Waals surface area (Å²) >= 11 is 0. The molecule has 1 aliphatic rings. The van der Waals surface area contributed by atoms with Crippen LogP contribution in [-0.4, -0.2) is 84.0 Å². The van der Waals surface area contributed by atoms with E-state index in [1.165, 1.54) is 19.9 Å². The summed E-state index contributed by atoms with van der Waals surface area (Å²) in [5, 5.41) is 23.9. The molecule has 15 heteroatoms. The molecule has 3 aromatic heterocycles. The Morgan fingerprint density at radius 3 is 2.31 bits per heavy atom. The molecule has 0 spiro atoms. The van der Waals surface area contributed by atoms with Gasteiger partial charge in [0.05, 0.1) is 10.6 Å². The Labute approximate surface area is 201 Å². The molecule has 4 heterocycles. The Balaban J connectivity index is 1.41. The van der Waals surface area contributed by atoms with Crippen molar-refractivity contribution >= 4 is 21.6 Å². The van der Waals surface area contributed by atoms with Crippen LogP contribution in [0.4, 0.5) is 5.69 Å². The van der Waals surface area contributed by atoms with Crippen molar-refractivity contribution in [2.45, 2.75) is 45.8 Å². The number of piperazine rings is 1. The second-order valence-corrected chi connectivity index (χ2v) is 10.2. The van der Waals surface area contributed by atoms with Crippen molar-refractivity contribution in [2.75, 3.05) is 26.2 Å². The molecule has 0 saturated carbocycles. The van der Waals surface area contributed by atoms with Gasteiger partial charge in [-0.1, -0.05) is 0 Å². The fourth-order valence-electron chi connectivity index (χ4n) is 4.13. The van der Waals surface area contributed by atoms with Crippen LogP contribution in [0.2, 0.25) is 0 Å². The molecular formula is C20H27N9O5S. The largest absolute Gasteiger partial charge is 0.335 e. The molecule has 1 fully saturated rings. The van der Waals surface area contributed by atoms with Crippen molar-refractivity contribution < 1.29 is 18.1 Å². The normalized spacial score (nSPS) is 15.0. The van der Waals surface area contributed by atoms with Crippen LogP contribution in [0, 0.1) is 30.9 Å². The molecule has 1 aliphatic heterocycles. The summed E-state index contributed by atoms with van der Waals surface area (Å²) in [5.74, 6) is -0.310. The molecule has 0 radical (unpaired) electrons. The molecule has 1 saturated heterocycles. The highest BCUT2D eigenvalue weighted by Gasteiger charge is 2.33. The van der Waals surface area contributed by atoms with Gasteiger partial charge in [-0.05, 0) is 33.8 Å². The summed E-state index contributed by atoms with van der Waals surface area (Å²) in [6.45, 7) is 8.21. The van der Waals surface area contributed by atoms with E-state index in [-0.39, 0.29) is 55.0 Å². The third-order valence-corrected chi connectivity index (χ3v) is 8.04. The van der Waals surface area contributed by atoms with Gasteiger partial charge in [-0.15, -0.1) is 0 Å². The Hall–Kier alpha value is -3.59. The number of aromatic nitrogens is 6. The summed E-state index contributed by atoms with van der Waals surface area (Å²) in [5.41, 5.74) is 1.31. The van der Waals surface area contributed by atoms with Crippen LogP contribution in [0.1, 0.15) is 34.5 Å². The van der Waals surface area contributed by atoms with Crippen molar-refractivity contribution in [1.82, 2.24) is 38.5 Å². The number of rotatable bonds is 7. The van der Waals surface area contributed by atoms with E-state index in [1.54, 1.807) is 42.6 Å². The number of nitro groups is 1. The SMILES string of the molecule is CCn1cc(S(=O)(=O)N2CCN(C(=O)c3ccn(Cn4nc(C)c([N+](=O)[O-])c4C)n3)CC2)c(C)n1. The van der Waals surface area contributed by atoms with Crippen molar-refractivity contribution in [3.8, 4) is 0 Å². The maximum atomic E-state index is 13.1. The van der Waals surface area contributed by atoms with Gasteiger partial charge in [-0.3, -0.25) is 24.3 Å². The fourth-order valence-corrected chi connectivity index (χ4v) is 5.72. The number of aryl methyl sites for hydroxylation is 3. The minimum atomic E-state index is -3.70. The Morgan fingerprint density at radius 1 is 1.06 bits per heavy atom. The van der Waals surface area contributed by atoms with Gasteiger partial charge in [-0.2, -0.15) is 19.6 Å². The number of carbonyl (C=O) groups excluding carboxylic acids is 1. The average molecular weight is 506 g/mol. The molecule has 3 aromatic rings. The van der Waals surface area contributed by atoms with Crippen LogP contribution < -0.4 is 0 Å². The maximum absolute atomic E-state index is 13.1. The lowest BCUT2D eigenvalue weighted by molar-refractivity contribution is -0.386. The zero-order chi connectivity index (χ0) is 25.5. The molecule has 14 nitrogen and oxygen atoms in total. The Kier molecular flexibility index (Phi) is 6.46. The first-order valence-electron chi connectivity index (χ1n) is 11.1. The molecular weight excluding hydrogens is 478 g/mol. The first-order chi connectivity index (χ1) is 16.5. The molecule has 0 aromatic carbocycles. The third kappa shape index (κ3) is 4.55. The van der Waals surface area contributed by atoms with E-state index in [9.17, 15) is 23.3 Å². The second-order valence-electron chi connectivity index (χ2n) is 8.29. The molecule has 0 unspecified atom stereocenters. The molecule has 188 valence electrons. The van der Waals surface area contributed by atoms with Crippen LogP contribution in [0.15, 0.2) is 23.4 Å². The van der Waals surface area contributed by atoms with E-state index < -0.39 is 14.9 Å². The van der Waals surface area contributed by atoms with Crippen molar-refractivity contribution in [3.05, 3.63) is 51.4 Å². The smallest absolute Gasteiger partial charge is 0.312 e. The van der Waals surface area contributed by atoms with Crippen molar-refractivity contribution in [2.24, 2.45) is 0 Å². The maximum Gasteiger partial charge on any atom is 0.312 e. The number of nitrogens with zero attached hydrogens (tertiary/aromatic N) is 9. The molecule has 0 aliphatic carbocycles. The Bertz CT molecular complexity index is 1380. The summed E-state index contributed by atoms with van der Waals surface area (Å²) in [4.78, 5) is 25.4. The van der Waals surface area contributed by atoms with Gasteiger partial charge >= 0.3 is 5.69 Å². The van der Waals surface area contributed by atoms with Gasteiger partial charge in [-0.25, -0.2) is 13.1 Å². The predicted octanol–water partition coefficient (Wildman–Crippen LogP) is 0.782. The predicted molar refractivity (Wildman–Crippen MR) is 123 cm³/mol. The Morgan fingerprint density at radius 2 is 1.74 bits per heavy atom. The van der Waals surface area contributed by atoms with Gasteiger partial charge < -0.3 is 4.90 Å². The zero-order valence-corrected chi connectivity index (χ0v) is 20.8. The monoisotopic (exact) mass is 505 g/mol. The first-order valence-corrected chi connectivity index (χ1v) is 12.5. The minimum absolute atomic E-state index is 0.0430. The number of hydrogen-bond donors (Lipinski definition) is 0. The highest BCUT2D eigenvalue weighted by Crippen LogP contribution is 2.22. The van der Waals surface area contributed by atoms with E-state index in [4.69, 9.17) is 0 Å². The number of carbonyl (C=O) groups is 1. The molecule has 0 atom stereocenters. The second kappa shape index (κ2) is 9.22. The van der Waals surface area contributed by atoms with Crippen LogP contribution >= 0.6 is 0 Å². The first kappa shape index (κ1) is 24.5. The summed E-state index contributed by atoms with van der Waals surface area (Å²) in [6.07, 6.45) is 3.14. The highest BCUT2D eigenvalue weighted by atomic mass is 32.2. The van der Waals surface area contributed by atoms with Crippen molar-refractivity contribution in [1.29, 1.82) is 0 Å². The lowest BCUT2D eigenvalue weighted by Gasteiger charge is -2.33. The topological polar surface area (TPSA) is 154 Å². The van der Waals surface area contributed by atoms with E-state index in [1.807, 2.05) is 6.92 Å². The molecule has 35 heavy (non-hydrogen) atoms. The van der Waals surface area contributed by atoms with Crippen LogP contribution in [-0.2, 0) is 23.2 Å². The van der Waals surface area contributed by atoms with Crippen LogP contribution in [0.3, 0.4) is 0 Å². The summed E-state index contributed by atoms with van der Waals surface area (Å²) < 4.78 is 32.0.